The summed E-state index contributed by atoms with van der Waals surface area (Å²) >= 11 is 5.97. The van der Waals surface area contributed by atoms with Crippen LogP contribution >= 0.6 is 11.6 Å². The Labute approximate surface area is 155 Å². The SMILES string of the molecule is CC(=O)Oc1c(C)cc(/C=C2\N=C(c3cccc(Cl)c3)OC2=O)cc1C. The summed E-state index contributed by atoms with van der Waals surface area (Å²) < 4.78 is 10.5. The molecule has 0 atom stereocenters. The molecule has 0 unspecified atom stereocenters. The van der Waals surface area contributed by atoms with Gasteiger partial charge in [0.05, 0.1) is 0 Å². The van der Waals surface area contributed by atoms with Crippen molar-refractivity contribution in [3.05, 3.63) is 69.4 Å². The van der Waals surface area contributed by atoms with E-state index in [1.807, 2.05) is 26.0 Å². The number of ether oxygens (including phenoxy) is 2. The van der Waals surface area contributed by atoms with Crippen LogP contribution in [-0.4, -0.2) is 17.8 Å². The van der Waals surface area contributed by atoms with Gasteiger partial charge in [0.25, 0.3) is 0 Å². The summed E-state index contributed by atoms with van der Waals surface area (Å²) in [6.07, 6.45) is 1.64. The molecule has 5 nitrogen and oxygen atoms in total. The highest BCUT2D eigenvalue weighted by Gasteiger charge is 2.24. The molecule has 0 N–H and O–H groups in total. The Morgan fingerprint density at radius 2 is 1.88 bits per heavy atom. The van der Waals surface area contributed by atoms with E-state index < -0.39 is 5.97 Å². The monoisotopic (exact) mass is 369 g/mol. The predicted octanol–water partition coefficient (Wildman–Crippen LogP) is 4.23. The lowest BCUT2D eigenvalue weighted by atomic mass is 10.0. The van der Waals surface area contributed by atoms with Crippen LogP contribution in [0.1, 0.15) is 29.2 Å². The van der Waals surface area contributed by atoms with Crippen molar-refractivity contribution >= 4 is 35.5 Å². The Bertz CT molecular complexity index is 953. The number of benzene rings is 2. The Morgan fingerprint density at radius 3 is 2.50 bits per heavy atom. The van der Waals surface area contributed by atoms with Crippen molar-refractivity contribution in [1.29, 1.82) is 0 Å². The quantitative estimate of drug-likeness (QED) is 0.461. The number of esters is 2. The van der Waals surface area contributed by atoms with Gasteiger partial charge in [0.1, 0.15) is 5.75 Å². The Hall–Kier alpha value is -2.92. The smallest absolute Gasteiger partial charge is 0.363 e. The lowest BCUT2D eigenvalue weighted by molar-refractivity contribution is -0.132. The van der Waals surface area contributed by atoms with E-state index in [-0.39, 0.29) is 17.6 Å². The third-order valence-electron chi connectivity index (χ3n) is 3.72. The second kappa shape index (κ2) is 7.14. The van der Waals surface area contributed by atoms with Crippen LogP contribution in [0.2, 0.25) is 5.02 Å². The van der Waals surface area contributed by atoms with Crippen LogP contribution in [-0.2, 0) is 14.3 Å². The van der Waals surface area contributed by atoms with Crippen LogP contribution in [0.15, 0.2) is 47.1 Å². The van der Waals surface area contributed by atoms with Crippen molar-refractivity contribution in [3.8, 4) is 5.75 Å². The van der Waals surface area contributed by atoms with Gasteiger partial charge in [0.2, 0.25) is 5.90 Å². The molecule has 0 spiro atoms. The molecule has 1 heterocycles. The van der Waals surface area contributed by atoms with Crippen LogP contribution < -0.4 is 4.74 Å². The minimum absolute atomic E-state index is 0.194. The molecule has 2 aromatic rings. The molecule has 6 heteroatoms. The maximum absolute atomic E-state index is 12.1. The van der Waals surface area contributed by atoms with Gasteiger partial charge in [0.15, 0.2) is 5.70 Å². The summed E-state index contributed by atoms with van der Waals surface area (Å²) in [5.74, 6) is -0.165. The number of carbonyl (C=O) groups excluding carboxylic acids is 2. The van der Waals surface area contributed by atoms with Crippen molar-refractivity contribution in [3.63, 3.8) is 0 Å². The first kappa shape index (κ1) is 17.9. The minimum atomic E-state index is -0.528. The molecule has 0 radical (unpaired) electrons. The van der Waals surface area contributed by atoms with E-state index in [1.54, 1.807) is 30.3 Å². The van der Waals surface area contributed by atoms with E-state index in [9.17, 15) is 9.59 Å². The van der Waals surface area contributed by atoms with Crippen LogP contribution in [0, 0.1) is 13.8 Å². The average Bonchev–Trinajstić information content (AvgIpc) is 2.92. The van der Waals surface area contributed by atoms with Gasteiger partial charge in [-0.1, -0.05) is 17.7 Å². The van der Waals surface area contributed by atoms with Crippen LogP contribution in [0.5, 0.6) is 5.75 Å². The average molecular weight is 370 g/mol. The maximum atomic E-state index is 12.1. The van der Waals surface area contributed by atoms with Gasteiger partial charge in [-0.25, -0.2) is 9.79 Å². The fourth-order valence-corrected chi connectivity index (χ4v) is 2.87. The molecule has 132 valence electrons. The van der Waals surface area contributed by atoms with Crippen LogP contribution in [0.4, 0.5) is 0 Å². The summed E-state index contributed by atoms with van der Waals surface area (Å²) in [5, 5.41) is 0.533. The maximum Gasteiger partial charge on any atom is 0.363 e. The van der Waals surface area contributed by atoms with E-state index in [0.29, 0.717) is 16.3 Å². The van der Waals surface area contributed by atoms with Crippen molar-refractivity contribution < 1.29 is 19.1 Å². The zero-order valence-corrected chi connectivity index (χ0v) is 15.3. The molecular weight excluding hydrogens is 354 g/mol. The van der Waals surface area contributed by atoms with Gasteiger partial charge in [-0.2, -0.15) is 0 Å². The number of rotatable bonds is 3. The fourth-order valence-electron chi connectivity index (χ4n) is 2.68. The predicted molar refractivity (Wildman–Crippen MR) is 99.3 cm³/mol. The number of hydrogen-bond acceptors (Lipinski definition) is 5. The molecule has 26 heavy (non-hydrogen) atoms. The lowest BCUT2D eigenvalue weighted by Gasteiger charge is -2.10. The number of halogens is 1. The molecule has 3 rings (SSSR count). The molecule has 0 aromatic heterocycles. The van der Waals surface area contributed by atoms with E-state index >= 15 is 0 Å². The Balaban J connectivity index is 1.94. The topological polar surface area (TPSA) is 65.0 Å². The molecule has 0 saturated carbocycles. The molecule has 0 bridgehead atoms. The zero-order chi connectivity index (χ0) is 18.8. The molecule has 0 aliphatic carbocycles. The molecule has 0 saturated heterocycles. The third-order valence-corrected chi connectivity index (χ3v) is 3.96. The number of aliphatic imine (C=N–C) groups is 1. The van der Waals surface area contributed by atoms with E-state index in [4.69, 9.17) is 21.1 Å². The van der Waals surface area contributed by atoms with Gasteiger partial charge in [-0.3, -0.25) is 4.79 Å². The van der Waals surface area contributed by atoms with Crippen molar-refractivity contribution in [2.45, 2.75) is 20.8 Å². The summed E-state index contributed by atoms with van der Waals surface area (Å²) in [7, 11) is 0. The molecular formula is C20H16ClNO4. The van der Waals surface area contributed by atoms with Gasteiger partial charge in [0, 0.05) is 17.5 Å². The fraction of sp³-hybridized carbons (Fsp3) is 0.150. The molecule has 1 aliphatic heterocycles. The highest BCUT2D eigenvalue weighted by molar-refractivity contribution is 6.31. The standard InChI is InChI=1S/C20H16ClNO4/c1-11-7-14(8-12(2)18(11)25-13(3)23)9-17-20(24)26-19(22-17)15-5-4-6-16(21)10-15/h4-10H,1-3H3/b17-9-. The van der Waals surface area contributed by atoms with Gasteiger partial charge >= 0.3 is 11.9 Å². The first-order chi connectivity index (χ1) is 12.3. The van der Waals surface area contributed by atoms with Gasteiger partial charge in [-0.15, -0.1) is 0 Å². The summed E-state index contributed by atoms with van der Waals surface area (Å²) in [6, 6.07) is 10.6. The number of nitrogens with zero attached hydrogens (tertiary/aromatic N) is 1. The van der Waals surface area contributed by atoms with E-state index in [0.717, 1.165) is 16.7 Å². The van der Waals surface area contributed by atoms with Crippen LogP contribution in [0.25, 0.3) is 6.08 Å². The number of carbonyl (C=O) groups is 2. The number of aryl methyl sites for hydroxylation is 2. The highest BCUT2D eigenvalue weighted by Crippen LogP contribution is 2.27. The number of cyclic esters (lactones) is 1. The summed E-state index contributed by atoms with van der Waals surface area (Å²) in [4.78, 5) is 27.6. The molecule has 1 aliphatic rings. The zero-order valence-electron chi connectivity index (χ0n) is 14.5. The lowest BCUT2D eigenvalue weighted by Crippen LogP contribution is -2.05. The second-order valence-corrected chi connectivity index (χ2v) is 6.36. The third kappa shape index (κ3) is 3.83. The van der Waals surface area contributed by atoms with E-state index in [2.05, 4.69) is 4.99 Å². The van der Waals surface area contributed by atoms with Crippen molar-refractivity contribution in [2.75, 3.05) is 0 Å². The number of hydrogen-bond donors (Lipinski definition) is 0. The Morgan fingerprint density at radius 1 is 1.19 bits per heavy atom. The van der Waals surface area contributed by atoms with Crippen LogP contribution in [0.3, 0.4) is 0 Å². The minimum Gasteiger partial charge on any atom is -0.426 e. The van der Waals surface area contributed by atoms with Crippen molar-refractivity contribution in [2.24, 2.45) is 4.99 Å². The summed E-state index contributed by atoms with van der Waals surface area (Å²) in [6.45, 7) is 5.03. The largest absolute Gasteiger partial charge is 0.426 e. The second-order valence-electron chi connectivity index (χ2n) is 5.92. The Kier molecular flexibility index (Phi) is 4.91. The first-order valence-corrected chi connectivity index (χ1v) is 8.29. The van der Waals surface area contributed by atoms with E-state index in [1.165, 1.54) is 6.92 Å². The molecule has 2 aromatic carbocycles. The van der Waals surface area contributed by atoms with Gasteiger partial charge < -0.3 is 9.47 Å². The van der Waals surface area contributed by atoms with Crippen molar-refractivity contribution in [1.82, 2.24) is 0 Å². The highest BCUT2D eigenvalue weighted by atomic mass is 35.5. The summed E-state index contributed by atoms with van der Waals surface area (Å²) in [5.41, 5.74) is 3.17. The first-order valence-electron chi connectivity index (χ1n) is 7.91. The van der Waals surface area contributed by atoms with Gasteiger partial charge in [-0.05, 0) is 66.9 Å². The normalized spacial score (nSPS) is 15.0. The molecule has 0 fully saturated rings. The molecule has 0 amide bonds.